The number of rotatable bonds is 5. The van der Waals surface area contributed by atoms with E-state index in [4.69, 9.17) is 4.42 Å². The average molecular weight is 250 g/mol. The second kappa shape index (κ2) is 5.47. The van der Waals surface area contributed by atoms with Gasteiger partial charge in [0.25, 0.3) is 0 Å². The van der Waals surface area contributed by atoms with Crippen LogP contribution in [-0.2, 0) is 6.54 Å². The summed E-state index contributed by atoms with van der Waals surface area (Å²) in [4.78, 5) is 4.29. The fourth-order valence-electron chi connectivity index (χ4n) is 1.69. The molecule has 0 aliphatic carbocycles. The van der Waals surface area contributed by atoms with Crippen molar-refractivity contribution in [1.82, 2.24) is 10.3 Å². The molecule has 2 aromatic rings. The number of nitrogens with zero attached hydrogens (tertiary/aromatic N) is 1. The average Bonchev–Trinajstić information content (AvgIpc) is 2.86. The number of aryl methyl sites for hydroxylation is 1. The van der Waals surface area contributed by atoms with E-state index in [1.54, 1.807) is 11.3 Å². The molecule has 0 radical (unpaired) electrons. The van der Waals surface area contributed by atoms with Crippen LogP contribution in [0.2, 0.25) is 0 Å². The summed E-state index contributed by atoms with van der Waals surface area (Å²) < 4.78 is 5.50. The van der Waals surface area contributed by atoms with Crippen LogP contribution in [0.1, 0.15) is 25.1 Å². The first-order chi connectivity index (χ1) is 8.18. The van der Waals surface area contributed by atoms with Gasteiger partial charge in [-0.3, -0.25) is 0 Å². The number of thiophene rings is 1. The molecule has 3 nitrogen and oxygen atoms in total. The van der Waals surface area contributed by atoms with E-state index in [2.05, 4.69) is 41.8 Å². The number of oxazole rings is 1. The third kappa shape index (κ3) is 2.96. The lowest BCUT2D eigenvalue weighted by molar-refractivity contribution is 0.545. The Balaban J connectivity index is 2.10. The van der Waals surface area contributed by atoms with Crippen LogP contribution in [0.15, 0.2) is 21.6 Å². The molecule has 92 valence electrons. The summed E-state index contributed by atoms with van der Waals surface area (Å²) in [6.07, 6.45) is 1.53. The number of hydrogen-bond acceptors (Lipinski definition) is 4. The van der Waals surface area contributed by atoms with Gasteiger partial charge in [0.15, 0.2) is 12.2 Å². The lowest BCUT2D eigenvalue weighted by Gasteiger charge is -2.06. The fraction of sp³-hybridized carbons (Fsp3) is 0.462. The summed E-state index contributed by atoms with van der Waals surface area (Å²) in [5.74, 6) is 1.55. The summed E-state index contributed by atoms with van der Waals surface area (Å²) in [5.41, 5.74) is 3.40. The van der Waals surface area contributed by atoms with Gasteiger partial charge >= 0.3 is 0 Å². The molecule has 2 rings (SSSR count). The largest absolute Gasteiger partial charge is 0.443 e. The highest BCUT2D eigenvalue weighted by molar-refractivity contribution is 7.08. The smallest absolute Gasteiger partial charge is 0.181 e. The van der Waals surface area contributed by atoms with Gasteiger partial charge in [0.05, 0.1) is 0 Å². The van der Waals surface area contributed by atoms with E-state index in [-0.39, 0.29) is 0 Å². The molecule has 0 saturated heterocycles. The zero-order valence-corrected chi connectivity index (χ0v) is 11.3. The molecule has 2 aromatic heterocycles. The Hall–Kier alpha value is -1.13. The van der Waals surface area contributed by atoms with Crippen molar-refractivity contribution in [2.45, 2.75) is 27.3 Å². The minimum Gasteiger partial charge on any atom is -0.443 e. The van der Waals surface area contributed by atoms with Crippen molar-refractivity contribution in [2.24, 2.45) is 5.92 Å². The summed E-state index contributed by atoms with van der Waals surface area (Å²) >= 11 is 1.69. The highest BCUT2D eigenvalue weighted by atomic mass is 32.1. The van der Waals surface area contributed by atoms with E-state index in [0.29, 0.717) is 5.92 Å². The summed E-state index contributed by atoms with van der Waals surface area (Å²) in [6, 6.07) is 0. The third-order valence-electron chi connectivity index (χ3n) is 2.59. The molecule has 0 unspecified atom stereocenters. The maximum Gasteiger partial charge on any atom is 0.181 e. The standard InChI is InChI=1S/C13H18N2OS/c1-9(2)4-14-5-12-13(16-8-15-12)11-7-17-6-10(11)3/h6-9,14H,4-5H2,1-3H3. The fourth-order valence-corrected chi connectivity index (χ4v) is 2.51. The molecule has 0 aliphatic heterocycles. The van der Waals surface area contributed by atoms with E-state index < -0.39 is 0 Å². The summed E-state index contributed by atoms with van der Waals surface area (Å²) in [5, 5.41) is 7.63. The number of aromatic nitrogens is 1. The normalized spacial score (nSPS) is 11.3. The van der Waals surface area contributed by atoms with Crippen LogP contribution in [0.25, 0.3) is 11.3 Å². The van der Waals surface area contributed by atoms with Gasteiger partial charge in [-0.15, -0.1) is 0 Å². The molecule has 0 fully saturated rings. The van der Waals surface area contributed by atoms with Crippen LogP contribution in [0.3, 0.4) is 0 Å². The topological polar surface area (TPSA) is 38.1 Å². The first kappa shape index (κ1) is 12.3. The van der Waals surface area contributed by atoms with Crippen LogP contribution < -0.4 is 5.32 Å². The van der Waals surface area contributed by atoms with Crippen LogP contribution >= 0.6 is 11.3 Å². The lowest BCUT2D eigenvalue weighted by Crippen LogP contribution is -2.19. The minimum atomic E-state index is 0.647. The van der Waals surface area contributed by atoms with Gasteiger partial charge in [-0.1, -0.05) is 13.8 Å². The van der Waals surface area contributed by atoms with Crippen LogP contribution in [0.4, 0.5) is 0 Å². The highest BCUT2D eigenvalue weighted by Gasteiger charge is 2.13. The van der Waals surface area contributed by atoms with Gasteiger partial charge in [-0.25, -0.2) is 4.98 Å². The van der Waals surface area contributed by atoms with Gasteiger partial charge in [-0.2, -0.15) is 11.3 Å². The molecule has 0 bridgehead atoms. The molecule has 2 heterocycles. The minimum absolute atomic E-state index is 0.647. The van der Waals surface area contributed by atoms with Crippen LogP contribution in [0, 0.1) is 12.8 Å². The van der Waals surface area contributed by atoms with Gasteiger partial charge in [0, 0.05) is 17.5 Å². The van der Waals surface area contributed by atoms with Crippen molar-refractivity contribution < 1.29 is 4.42 Å². The monoisotopic (exact) mass is 250 g/mol. The Morgan fingerprint density at radius 2 is 2.24 bits per heavy atom. The second-order valence-electron chi connectivity index (χ2n) is 4.62. The molecular formula is C13H18N2OS. The van der Waals surface area contributed by atoms with Crippen molar-refractivity contribution in [3.8, 4) is 11.3 Å². The number of nitrogens with one attached hydrogen (secondary N) is 1. The molecule has 17 heavy (non-hydrogen) atoms. The van der Waals surface area contributed by atoms with Crippen molar-refractivity contribution >= 4 is 11.3 Å². The summed E-state index contributed by atoms with van der Waals surface area (Å²) in [6.45, 7) is 8.24. The second-order valence-corrected chi connectivity index (χ2v) is 5.36. The Kier molecular flexibility index (Phi) is 3.97. The highest BCUT2D eigenvalue weighted by Crippen LogP contribution is 2.29. The predicted octanol–water partition coefficient (Wildman–Crippen LogP) is 3.46. The maximum absolute atomic E-state index is 5.50. The molecule has 0 aromatic carbocycles. The van der Waals surface area contributed by atoms with E-state index in [0.717, 1.165) is 30.1 Å². The van der Waals surface area contributed by atoms with E-state index in [1.165, 1.54) is 12.0 Å². The molecule has 0 saturated carbocycles. The van der Waals surface area contributed by atoms with Gasteiger partial charge in [0.2, 0.25) is 0 Å². The molecular weight excluding hydrogens is 232 g/mol. The van der Waals surface area contributed by atoms with Gasteiger partial charge < -0.3 is 9.73 Å². The Morgan fingerprint density at radius 1 is 1.41 bits per heavy atom. The van der Waals surface area contributed by atoms with E-state index >= 15 is 0 Å². The molecule has 4 heteroatoms. The quantitative estimate of drug-likeness (QED) is 0.883. The molecule has 0 spiro atoms. The Labute approximate surface area is 106 Å². The molecule has 1 N–H and O–H groups in total. The zero-order valence-electron chi connectivity index (χ0n) is 10.5. The van der Waals surface area contributed by atoms with Crippen molar-refractivity contribution in [3.05, 3.63) is 28.4 Å². The summed E-state index contributed by atoms with van der Waals surface area (Å²) in [7, 11) is 0. The Bertz CT molecular complexity index is 473. The number of hydrogen-bond donors (Lipinski definition) is 1. The van der Waals surface area contributed by atoms with E-state index in [1.807, 2.05) is 0 Å². The third-order valence-corrected chi connectivity index (χ3v) is 3.45. The van der Waals surface area contributed by atoms with Crippen LogP contribution in [0.5, 0.6) is 0 Å². The van der Waals surface area contributed by atoms with Crippen molar-refractivity contribution in [3.63, 3.8) is 0 Å². The molecule has 0 atom stereocenters. The predicted molar refractivity (Wildman–Crippen MR) is 71.1 cm³/mol. The first-order valence-electron chi connectivity index (χ1n) is 5.84. The van der Waals surface area contributed by atoms with E-state index in [9.17, 15) is 0 Å². The van der Waals surface area contributed by atoms with Crippen molar-refractivity contribution in [2.75, 3.05) is 6.54 Å². The molecule has 0 aliphatic rings. The molecule has 0 amide bonds. The SMILES string of the molecule is Cc1cscc1-c1ocnc1CNCC(C)C. The lowest BCUT2D eigenvalue weighted by atomic mass is 10.1. The van der Waals surface area contributed by atoms with Gasteiger partial charge in [0.1, 0.15) is 5.69 Å². The van der Waals surface area contributed by atoms with Crippen LogP contribution in [-0.4, -0.2) is 11.5 Å². The first-order valence-corrected chi connectivity index (χ1v) is 6.79. The van der Waals surface area contributed by atoms with Crippen molar-refractivity contribution in [1.29, 1.82) is 0 Å². The van der Waals surface area contributed by atoms with Gasteiger partial charge in [-0.05, 0) is 30.3 Å². The zero-order chi connectivity index (χ0) is 12.3. The Morgan fingerprint density at radius 3 is 2.88 bits per heavy atom. The maximum atomic E-state index is 5.50.